The van der Waals surface area contributed by atoms with Gasteiger partial charge >= 0.3 is 0 Å². The third-order valence-corrected chi connectivity index (χ3v) is 2.41. The largest absolute Gasteiger partial charge is 0.284 e. The third kappa shape index (κ3) is 1.87. The minimum atomic E-state index is -0.145. The lowest BCUT2D eigenvalue weighted by Gasteiger charge is -1.93. The van der Waals surface area contributed by atoms with Crippen molar-refractivity contribution in [2.24, 2.45) is 4.99 Å². The number of benzene rings is 1. The third-order valence-electron chi connectivity index (χ3n) is 1.66. The lowest BCUT2D eigenvalue weighted by Crippen LogP contribution is -1.87. The molecule has 1 aromatic carbocycles. The summed E-state index contributed by atoms with van der Waals surface area (Å²) in [6.07, 6.45) is 1.85. The number of hydrogen-bond acceptors (Lipinski definition) is 2. The topological polar surface area (TPSA) is 29.4 Å². The van der Waals surface area contributed by atoms with Gasteiger partial charge < -0.3 is 0 Å². The number of carbonyl (C=O) groups is 1. The van der Waals surface area contributed by atoms with Crippen molar-refractivity contribution < 1.29 is 4.79 Å². The van der Waals surface area contributed by atoms with Gasteiger partial charge in [-0.1, -0.05) is 42.1 Å². The smallest absolute Gasteiger partial charge is 0.266 e. The van der Waals surface area contributed by atoms with Crippen LogP contribution in [0.5, 0.6) is 0 Å². The Kier molecular flexibility index (Phi) is 2.27. The van der Waals surface area contributed by atoms with E-state index in [0.29, 0.717) is 4.91 Å². The number of nitrogens with zero attached hydrogens (tertiary/aromatic N) is 1. The van der Waals surface area contributed by atoms with Crippen molar-refractivity contribution in [3.63, 3.8) is 0 Å². The average Bonchev–Trinajstić information content (AvgIpc) is 2.54. The molecule has 0 saturated heterocycles. The molecule has 1 amide bonds. The van der Waals surface area contributed by atoms with E-state index in [1.54, 1.807) is 5.55 Å². The van der Waals surface area contributed by atoms with Crippen molar-refractivity contribution in [3.8, 4) is 0 Å². The maximum absolute atomic E-state index is 11.1. The van der Waals surface area contributed by atoms with E-state index in [1.165, 1.54) is 11.8 Å². The van der Waals surface area contributed by atoms with Crippen LogP contribution in [0.15, 0.2) is 40.2 Å². The molecule has 0 spiro atoms. The highest BCUT2D eigenvalue weighted by Crippen LogP contribution is 2.23. The molecule has 0 aromatic heterocycles. The van der Waals surface area contributed by atoms with Gasteiger partial charge in [-0.15, -0.1) is 0 Å². The Morgan fingerprint density at radius 3 is 2.62 bits per heavy atom. The second kappa shape index (κ2) is 3.58. The van der Waals surface area contributed by atoms with Gasteiger partial charge in [-0.25, -0.2) is 4.99 Å². The Labute approximate surface area is 80.4 Å². The first-order chi connectivity index (χ1) is 6.36. The number of carbonyl (C=O) groups excluding carboxylic acids is 1. The molecule has 0 saturated carbocycles. The van der Waals surface area contributed by atoms with E-state index < -0.39 is 0 Å². The molecule has 2 nitrogen and oxygen atoms in total. The number of hydrogen-bond donors (Lipinski definition) is 0. The summed E-state index contributed by atoms with van der Waals surface area (Å²) in [5.41, 5.74) is 2.60. The van der Waals surface area contributed by atoms with Gasteiger partial charge in [0.2, 0.25) is 0 Å². The molecule has 0 unspecified atom stereocenters. The Bertz CT molecular complexity index is 381. The van der Waals surface area contributed by atoms with E-state index >= 15 is 0 Å². The van der Waals surface area contributed by atoms with Crippen molar-refractivity contribution in [3.05, 3.63) is 40.8 Å². The molecule has 0 aliphatic carbocycles. The first-order valence-electron chi connectivity index (χ1n) is 3.86. The van der Waals surface area contributed by atoms with Crippen LogP contribution in [-0.4, -0.2) is 11.5 Å². The summed E-state index contributed by atoms with van der Waals surface area (Å²) in [6.45, 7) is 0. The zero-order valence-corrected chi connectivity index (χ0v) is 7.62. The fraction of sp³-hybridized carbons (Fsp3) is 0. The minimum absolute atomic E-state index is 0.145. The van der Waals surface area contributed by atoms with Gasteiger partial charge in [-0.05, 0) is 11.6 Å². The van der Waals surface area contributed by atoms with Gasteiger partial charge in [0.15, 0.2) is 0 Å². The summed E-state index contributed by atoms with van der Waals surface area (Å²) in [4.78, 5) is 15.4. The molecular formula is C10H7NOS. The Morgan fingerprint density at radius 1 is 1.23 bits per heavy atom. The highest BCUT2D eigenvalue weighted by molar-refractivity contribution is 8.16. The monoisotopic (exact) mass is 189 g/mol. The Morgan fingerprint density at radius 2 is 2.00 bits per heavy atom. The second-order valence-electron chi connectivity index (χ2n) is 2.58. The molecular weight excluding hydrogens is 182 g/mol. The summed E-state index contributed by atoms with van der Waals surface area (Å²) in [6, 6.07) is 9.75. The number of amides is 1. The summed E-state index contributed by atoms with van der Waals surface area (Å²) in [7, 11) is 0. The van der Waals surface area contributed by atoms with Gasteiger partial charge in [-0.2, -0.15) is 0 Å². The first kappa shape index (κ1) is 8.26. The van der Waals surface area contributed by atoms with Gasteiger partial charge in [0.25, 0.3) is 5.91 Å². The van der Waals surface area contributed by atoms with E-state index in [1.807, 2.05) is 36.4 Å². The van der Waals surface area contributed by atoms with Crippen LogP contribution in [0.2, 0.25) is 0 Å². The van der Waals surface area contributed by atoms with E-state index in [4.69, 9.17) is 0 Å². The molecule has 13 heavy (non-hydrogen) atoms. The molecule has 1 aromatic rings. The number of aliphatic imine (C=N–C) groups is 1. The van der Waals surface area contributed by atoms with Gasteiger partial charge in [-0.3, -0.25) is 4.79 Å². The normalized spacial score (nSPS) is 18.5. The zero-order valence-electron chi connectivity index (χ0n) is 6.81. The van der Waals surface area contributed by atoms with Crippen LogP contribution in [0.25, 0.3) is 6.08 Å². The van der Waals surface area contributed by atoms with Crippen LogP contribution >= 0.6 is 11.8 Å². The maximum Gasteiger partial charge on any atom is 0.284 e. The lowest BCUT2D eigenvalue weighted by molar-refractivity contribution is -0.113. The van der Waals surface area contributed by atoms with Crippen LogP contribution < -0.4 is 0 Å². The van der Waals surface area contributed by atoms with Crippen molar-refractivity contribution in [2.75, 3.05) is 0 Å². The summed E-state index contributed by atoms with van der Waals surface area (Å²) in [5.74, 6) is -0.145. The van der Waals surface area contributed by atoms with Crippen LogP contribution in [0, 0.1) is 0 Å². The number of thioether (sulfide) groups is 1. The Balaban J connectivity index is 2.27. The molecule has 3 heteroatoms. The van der Waals surface area contributed by atoms with E-state index in [9.17, 15) is 4.79 Å². The standard InChI is InChI=1S/C10H7NOS/c12-10-9(13-7-11-10)6-8-4-2-1-3-5-8/h1-7H. The lowest BCUT2D eigenvalue weighted by atomic mass is 10.2. The van der Waals surface area contributed by atoms with Crippen molar-refractivity contribution in [1.82, 2.24) is 0 Å². The van der Waals surface area contributed by atoms with Gasteiger partial charge in [0.1, 0.15) is 0 Å². The van der Waals surface area contributed by atoms with Crippen molar-refractivity contribution in [2.45, 2.75) is 0 Å². The molecule has 2 rings (SSSR count). The second-order valence-corrected chi connectivity index (χ2v) is 3.46. The summed E-state index contributed by atoms with van der Waals surface area (Å²) in [5, 5.41) is 0. The quantitative estimate of drug-likeness (QED) is 0.634. The van der Waals surface area contributed by atoms with Crippen LogP contribution in [0.3, 0.4) is 0 Å². The summed E-state index contributed by atoms with van der Waals surface area (Å²) < 4.78 is 0. The van der Waals surface area contributed by atoms with Crippen molar-refractivity contribution in [1.29, 1.82) is 0 Å². The highest BCUT2D eigenvalue weighted by atomic mass is 32.2. The average molecular weight is 189 g/mol. The van der Waals surface area contributed by atoms with Crippen LogP contribution in [0.4, 0.5) is 0 Å². The molecule has 1 aliphatic rings. The van der Waals surface area contributed by atoms with E-state index in [2.05, 4.69) is 4.99 Å². The minimum Gasteiger partial charge on any atom is -0.266 e. The van der Waals surface area contributed by atoms with E-state index in [-0.39, 0.29) is 5.91 Å². The fourth-order valence-corrected chi connectivity index (χ4v) is 1.66. The molecule has 1 aliphatic heterocycles. The molecule has 64 valence electrons. The van der Waals surface area contributed by atoms with Crippen LogP contribution in [-0.2, 0) is 4.79 Å². The van der Waals surface area contributed by atoms with E-state index in [0.717, 1.165) is 5.56 Å². The van der Waals surface area contributed by atoms with Gasteiger partial charge in [0.05, 0.1) is 10.5 Å². The van der Waals surface area contributed by atoms with Crippen LogP contribution in [0.1, 0.15) is 5.56 Å². The summed E-state index contributed by atoms with van der Waals surface area (Å²) >= 11 is 1.37. The molecule has 0 bridgehead atoms. The predicted octanol–water partition coefficient (Wildman–Crippen LogP) is 2.33. The molecule has 0 radical (unpaired) electrons. The molecule has 0 atom stereocenters. The first-order valence-corrected chi connectivity index (χ1v) is 4.74. The maximum atomic E-state index is 11.1. The van der Waals surface area contributed by atoms with Crippen molar-refractivity contribution >= 4 is 29.3 Å². The SMILES string of the molecule is O=C1N=CSC1=Cc1ccccc1. The molecule has 1 heterocycles. The van der Waals surface area contributed by atoms with Gasteiger partial charge in [0, 0.05) is 0 Å². The fourth-order valence-electron chi connectivity index (χ4n) is 1.04. The molecule has 0 N–H and O–H groups in total. The number of rotatable bonds is 1. The Hall–Kier alpha value is -1.35. The zero-order chi connectivity index (χ0) is 9.10. The molecule has 0 fully saturated rings. The highest BCUT2D eigenvalue weighted by Gasteiger charge is 2.12. The predicted molar refractivity (Wildman–Crippen MR) is 55.5 cm³/mol.